The minimum absolute atomic E-state index is 0.0177. The number of aryl methyl sites for hydroxylation is 1. The molecule has 0 unspecified atom stereocenters. The van der Waals surface area contributed by atoms with Crippen molar-refractivity contribution in [2.45, 2.75) is 52.2 Å². The van der Waals surface area contributed by atoms with Crippen molar-refractivity contribution < 1.29 is 9.53 Å². The predicted molar refractivity (Wildman–Crippen MR) is 81.0 cm³/mol. The number of aromatic nitrogens is 1. The molecule has 0 aliphatic carbocycles. The topological polar surface area (TPSA) is 77.2 Å². The van der Waals surface area contributed by atoms with Gasteiger partial charge in [-0.3, -0.25) is 4.79 Å². The highest BCUT2D eigenvalue weighted by molar-refractivity contribution is 7.16. The fourth-order valence-electron chi connectivity index (χ4n) is 2.36. The average molecular weight is 297 g/mol. The molecule has 1 aromatic heterocycles. The van der Waals surface area contributed by atoms with Crippen molar-refractivity contribution in [3.8, 4) is 0 Å². The van der Waals surface area contributed by atoms with E-state index >= 15 is 0 Å². The van der Waals surface area contributed by atoms with E-state index in [1.807, 2.05) is 6.92 Å². The molecule has 0 aromatic carbocycles. The summed E-state index contributed by atoms with van der Waals surface area (Å²) < 4.78 is 5.62. The van der Waals surface area contributed by atoms with E-state index in [-0.39, 0.29) is 18.1 Å². The highest BCUT2D eigenvalue weighted by Gasteiger charge is 2.30. The number of carbonyl (C=O) groups is 1. The number of amides is 1. The Kier molecular flexibility index (Phi) is 5.12. The van der Waals surface area contributed by atoms with Gasteiger partial charge in [0.25, 0.3) is 5.91 Å². The Hall–Kier alpha value is -0.980. The second-order valence-electron chi connectivity index (χ2n) is 5.66. The van der Waals surface area contributed by atoms with Crippen LogP contribution in [0.15, 0.2) is 0 Å². The largest absolute Gasteiger partial charge is 0.364 e. The average Bonchev–Trinajstić information content (AvgIpc) is 2.96. The third-order valence-corrected chi connectivity index (χ3v) is 4.23. The first-order valence-corrected chi connectivity index (χ1v) is 7.94. The van der Waals surface area contributed by atoms with Crippen LogP contribution < -0.4 is 11.1 Å². The molecule has 2 rings (SSSR count). The van der Waals surface area contributed by atoms with E-state index < -0.39 is 0 Å². The number of anilines is 1. The maximum atomic E-state index is 12.2. The van der Waals surface area contributed by atoms with Crippen LogP contribution in [-0.2, 0) is 16.0 Å². The van der Waals surface area contributed by atoms with Crippen molar-refractivity contribution in [2.75, 3.05) is 11.9 Å². The van der Waals surface area contributed by atoms with E-state index in [1.54, 1.807) is 0 Å². The zero-order valence-electron chi connectivity index (χ0n) is 12.3. The molecule has 0 spiro atoms. The molecule has 1 amide bonds. The molecule has 112 valence electrons. The Bertz CT molecular complexity index is 473. The van der Waals surface area contributed by atoms with Gasteiger partial charge in [0.05, 0.1) is 16.8 Å². The van der Waals surface area contributed by atoms with Gasteiger partial charge in [-0.1, -0.05) is 13.8 Å². The lowest BCUT2D eigenvalue weighted by Gasteiger charge is -2.12. The lowest BCUT2D eigenvalue weighted by atomic mass is 10.1. The van der Waals surface area contributed by atoms with Gasteiger partial charge in [0, 0.05) is 6.54 Å². The molecule has 2 heterocycles. The van der Waals surface area contributed by atoms with Crippen LogP contribution in [0.4, 0.5) is 5.00 Å². The molecule has 3 N–H and O–H groups in total. The molecule has 5 nitrogen and oxygen atoms in total. The quantitative estimate of drug-likeness (QED) is 0.872. The number of rotatable bonds is 5. The monoisotopic (exact) mass is 297 g/mol. The van der Waals surface area contributed by atoms with Crippen LogP contribution in [0.3, 0.4) is 0 Å². The summed E-state index contributed by atoms with van der Waals surface area (Å²) in [4.78, 5) is 16.7. The van der Waals surface area contributed by atoms with E-state index in [4.69, 9.17) is 10.5 Å². The van der Waals surface area contributed by atoms with Gasteiger partial charge in [0.1, 0.15) is 11.1 Å². The highest BCUT2D eigenvalue weighted by Crippen LogP contribution is 2.28. The lowest BCUT2D eigenvalue weighted by Crippen LogP contribution is -2.29. The van der Waals surface area contributed by atoms with E-state index in [0.717, 1.165) is 35.0 Å². The fourth-order valence-corrected chi connectivity index (χ4v) is 3.21. The molecule has 0 saturated carbocycles. The molecule has 1 fully saturated rings. The maximum Gasteiger partial charge on any atom is 0.254 e. The van der Waals surface area contributed by atoms with Gasteiger partial charge in [0.15, 0.2) is 0 Å². The molecular formula is C14H23N3O2S. The number of nitrogens with one attached hydrogen (secondary N) is 1. The van der Waals surface area contributed by atoms with E-state index in [2.05, 4.69) is 24.1 Å². The summed E-state index contributed by atoms with van der Waals surface area (Å²) in [5.41, 5.74) is 6.54. The Labute approximate surface area is 123 Å². The maximum absolute atomic E-state index is 12.2. The third kappa shape index (κ3) is 3.77. The van der Waals surface area contributed by atoms with Crippen LogP contribution >= 0.6 is 11.3 Å². The molecule has 6 heteroatoms. The van der Waals surface area contributed by atoms with Crippen LogP contribution in [0, 0.1) is 12.8 Å². The fraction of sp³-hybridized carbons (Fsp3) is 0.714. The number of hydrogen-bond donors (Lipinski definition) is 2. The summed E-state index contributed by atoms with van der Waals surface area (Å²) in [7, 11) is 0. The molecule has 2 atom stereocenters. The Morgan fingerprint density at radius 2 is 2.30 bits per heavy atom. The SMILES string of the molecule is Cc1nc(CC(C)C)c(NC(=O)[C@@H]2CC[C@H](CN)O2)s1. The number of thiazole rings is 1. The zero-order valence-corrected chi connectivity index (χ0v) is 13.1. The summed E-state index contributed by atoms with van der Waals surface area (Å²) in [6.07, 6.45) is 2.11. The molecule has 1 saturated heterocycles. The zero-order chi connectivity index (χ0) is 14.7. The van der Waals surface area contributed by atoms with Crippen molar-refractivity contribution >= 4 is 22.2 Å². The molecule has 0 radical (unpaired) electrons. The Balaban J connectivity index is 2.01. The smallest absolute Gasteiger partial charge is 0.254 e. The number of nitrogens with zero attached hydrogens (tertiary/aromatic N) is 1. The van der Waals surface area contributed by atoms with Gasteiger partial charge < -0.3 is 15.8 Å². The van der Waals surface area contributed by atoms with Gasteiger partial charge in [-0.2, -0.15) is 0 Å². The van der Waals surface area contributed by atoms with Crippen LogP contribution in [0.1, 0.15) is 37.4 Å². The summed E-state index contributed by atoms with van der Waals surface area (Å²) in [5.74, 6) is 0.436. The third-order valence-electron chi connectivity index (χ3n) is 3.31. The lowest BCUT2D eigenvalue weighted by molar-refractivity contribution is -0.126. The number of nitrogens with two attached hydrogens (primary N) is 1. The molecular weight excluding hydrogens is 274 g/mol. The van der Waals surface area contributed by atoms with Gasteiger partial charge in [-0.25, -0.2) is 4.98 Å². The summed E-state index contributed by atoms with van der Waals surface area (Å²) in [5, 5.41) is 4.81. The summed E-state index contributed by atoms with van der Waals surface area (Å²) in [6.45, 7) is 6.72. The van der Waals surface area contributed by atoms with Gasteiger partial charge in [-0.15, -0.1) is 11.3 Å². The highest BCUT2D eigenvalue weighted by atomic mass is 32.1. The number of carbonyl (C=O) groups excluding carboxylic acids is 1. The molecule has 1 aromatic rings. The van der Waals surface area contributed by atoms with E-state index in [1.165, 1.54) is 11.3 Å². The minimum Gasteiger partial charge on any atom is -0.364 e. The van der Waals surface area contributed by atoms with E-state index in [9.17, 15) is 4.79 Å². The van der Waals surface area contributed by atoms with Crippen molar-refractivity contribution in [1.82, 2.24) is 4.98 Å². The normalized spacial score (nSPS) is 22.4. The van der Waals surface area contributed by atoms with Crippen LogP contribution in [0.2, 0.25) is 0 Å². The summed E-state index contributed by atoms with van der Waals surface area (Å²) in [6, 6.07) is 0. The molecule has 0 bridgehead atoms. The summed E-state index contributed by atoms with van der Waals surface area (Å²) >= 11 is 1.53. The van der Waals surface area contributed by atoms with Gasteiger partial charge in [0.2, 0.25) is 0 Å². The van der Waals surface area contributed by atoms with Crippen molar-refractivity contribution in [3.63, 3.8) is 0 Å². The molecule has 20 heavy (non-hydrogen) atoms. The second-order valence-corrected chi connectivity index (χ2v) is 6.86. The number of ether oxygens (including phenoxy) is 1. The Morgan fingerprint density at radius 1 is 1.55 bits per heavy atom. The van der Waals surface area contributed by atoms with Crippen molar-refractivity contribution in [3.05, 3.63) is 10.7 Å². The van der Waals surface area contributed by atoms with Crippen LogP contribution in [0.5, 0.6) is 0 Å². The molecule has 1 aliphatic heterocycles. The standard InChI is InChI=1S/C14H23N3O2S/c1-8(2)6-11-14(20-9(3)16-11)17-13(18)12-5-4-10(7-15)19-12/h8,10,12H,4-7,15H2,1-3H3,(H,17,18)/t10-,12+/m1/s1. The number of hydrogen-bond acceptors (Lipinski definition) is 5. The minimum atomic E-state index is -0.377. The van der Waals surface area contributed by atoms with E-state index in [0.29, 0.717) is 12.5 Å². The first kappa shape index (κ1) is 15.4. The first-order valence-electron chi connectivity index (χ1n) is 7.12. The van der Waals surface area contributed by atoms with Crippen LogP contribution in [-0.4, -0.2) is 29.6 Å². The van der Waals surface area contributed by atoms with Crippen LogP contribution in [0.25, 0.3) is 0 Å². The van der Waals surface area contributed by atoms with Crippen molar-refractivity contribution in [2.24, 2.45) is 11.7 Å². The van der Waals surface area contributed by atoms with Crippen molar-refractivity contribution in [1.29, 1.82) is 0 Å². The van der Waals surface area contributed by atoms with Gasteiger partial charge in [-0.05, 0) is 32.1 Å². The Morgan fingerprint density at radius 3 is 2.90 bits per heavy atom. The predicted octanol–water partition coefficient (Wildman–Crippen LogP) is 2.09. The molecule has 1 aliphatic rings. The first-order chi connectivity index (χ1) is 9.49. The van der Waals surface area contributed by atoms with Gasteiger partial charge >= 0.3 is 0 Å². The second kappa shape index (κ2) is 6.65.